The van der Waals surface area contributed by atoms with Gasteiger partial charge in [0.25, 0.3) is 0 Å². The number of aryl methyl sites for hydroxylation is 1. The number of rotatable bonds is 9. The summed E-state index contributed by atoms with van der Waals surface area (Å²) >= 11 is 0. The molecule has 2 heterocycles. The maximum absolute atomic E-state index is 11.0. The van der Waals surface area contributed by atoms with E-state index >= 15 is 0 Å². The van der Waals surface area contributed by atoms with Crippen molar-refractivity contribution in [1.82, 2.24) is 15.2 Å². The number of nitrogens with one attached hydrogen (secondary N) is 1. The molecule has 31 heavy (non-hydrogen) atoms. The van der Waals surface area contributed by atoms with E-state index in [0.29, 0.717) is 12.6 Å². The monoisotopic (exact) mass is 419 g/mol. The molecule has 0 spiro atoms. The number of methoxy groups -OCH3 is 1. The van der Waals surface area contributed by atoms with E-state index in [1.54, 1.807) is 13.3 Å². The molecule has 1 saturated heterocycles. The predicted molar refractivity (Wildman–Crippen MR) is 125 cm³/mol. The molecular weight excluding hydrogens is 386 g/mol. The predicted octanol–water partition coefficient (Wildman–Crippen LogP) is 3.96. The van der Waals surface area contributed by atoms with Gasteiger partial charge in [-0.25, -0.2) is 0 Å². The molecule has 2 N–H and O–H groups in total. The number of likely N-dealkylation sites (tertiary alicyclic amines) is 1. The second-order valence-electron chi connectivity index (χ2n) is 8.42. The zero-order chi connectivity index (χ0) is 21.5. The van der Waals surface area contributed by atoms with Gasteiger partial charge in [-0.3, -0.25) is 4.98 Å². The Bertz CT molecular complexity index is 955. The number of ether oxygens (including phenoxy) is 1. The van der Waals surface area contributed by atoms with Gasteiger partial charge in [-0.1, -0.05) is 30.3 Å². The molecule has 0 radical (unpaired) electrons. The Labute approximate surface area is 185 Å². The number of aromatic nitrogens is 1. The standard InChI is InChI=1S/C26H33N3O2/c1-31-22-9-10-25-24(18-22)23(11-15-28-25)26(30)19-29-16-12-21(13-17-29)27-14-5-8-20-6-3-2-4-7-20/h2-4,6-7,9-11,15,18,21,26-27,30H,5,8,12-14,16-17,19H2,1H3. The Kier molecular flexibility index (Phi) is 7.52. The first-order valence-corrected chi connectivity index (χ1v) is 11.3. The molecule has 5 heteroatoms. The Hall–Kier alpha value is -2.47. The lowest BCUT2D eigenvalue weighted by atomic mass is 10.0. The topological polar surface area (TPSA) is 57.6 Å². The number of β-amino-alcohol motifs (C(OH)–C–C–N with tert-alkyl or cyclic N) is 1. The zero-order valence-corrected chi connectivity index (χ0v) is 18.3. The molecule has 1 unspecified atom stereocenters. The van der Waals surface area contributed by atoms with Gasteiger partial charge in [0.05, 0.1) is 18.7 Å². The zero-order valence-electron chi connectivity index (χ0n) is 18.3. The van der Waals surface area contributed by atoms with Gasteiger partial charge in [-0.15, -0.1) is 0 Å². The number of nitrogens with zero attached hydrogens (tertiary/aromatic N) is 2. The van der Waals surface area contributed by atoms with Gasteiger partial charge in [-0.05, 0) is 80.7 Å². The van der Waals surface area contributed by atoms with E-state index in [1.165, 1.54) is 12.0 Å². The van der Waals surface area contributed by atoms with Crippen LogP contribution in [0.2, 0.25) is 0 Å². The van der Waals surface area contributed by atoms with E-state index in [-0.39, 0.29) is 0 Å². The second-order valence-corrected chi connectivity index (χ2v) is 8.42. The Morgan fingerprint density at radius 2 is 1.94 bits per heavy atom. The van der Waals surface area contributed by atoms with Crippen LogP contribution in [0, 0.1) is 0 Å². The fraction of sp³-hybridized carbons (Fsp3) is 0.423. The molecule has 1 aliphatic rings. The molecule has 0 aliphatic carbocycles. The number of hydrogen-bond acceptors (Lipinski definition) is 5. The number of piperidine rings is 1. The van der Waals surface area contributed by atoms with Crippen molar-refractivity contribution in [3.63, 3.8) is 0 Å². The van der Waals surface area contributed by atoms with Crippen molar-refractivity contribution in [1.29, 1.82) is 0 Å². The highest BCUT2D eigenvalue weighted by Gasteiger charge is 2.22. The van der Waals surface area contributed by atoms with Crippen LogP contribution < -0.4 is 10.1 Å². The second kappa shape index (κ2) is 10.7. The molecular formula is C26H33N3O2. The number of hydrogen-bond donors (Lipinski definition) is 2. The van der Waals surface area contributed by atoms with Crippen LogP contribution in [0.25, 0.3) is 10.9 Å². The Morgan fingerprint density at radius 3 is 2.71 bits per heavy atom. The van der Waals surface area contributed by atoms with Crippen LogP contribution in [0.3, 0.4) is 0 Å². The van der Waals surface area contributed by atoms with Crippen LogP contribution in [-0.2, 0) is 6.42 Å². The summed E-state index contributed by atoms with van der Waals surface area (Å²) in [6, 6.07) is 19.0. The SMILES string of the molecule is COc1ccc2nccc(C(O)CN3CCC(NCCCc4ccccc4)CC3)c2c1. The summed E-state index contributed by atoms with van der Waals surface area (Å²) in [5.41, 5.74) is 3.22. The third kappa shape index (κ3) is 5.82. The van der Waals surface area contributed by atoms with Crippen LogP contribution in [0.4, 0.5) is 0 Å². The largest absolute Gasteiger partial charge is 0.497 e. The highest BCUT2D eigenvalue weighted by Crippen LogP contribution is 2.27. The van der Waals surface area contributed by atoms with Gasteiger partial charge in [0.15, 0.2) is 0 Å². The fourth-order valence-electron chi connectivity index (χ4n) is 4.47. The van der Waals surface area contributed by atoms with Gasteiger partial charge in [-0.2, -0.15) is 0 Å². The quantitative estimate of drug-likeness (QED) is 0.514. The van der Waals surface area contributed by atoms with Gasteiger partial charge in [0, 0.05) is 24.2 Å². The number of benzene rings is 2. The smallest absolute Gasteiger partial charge is 0.119 e. The number of aliphatic hydroxyl groups excluding tert-OH is 1. The van der Waals surface area contributed by atoms with Crippen LogP contribution in [0.1, 0.15) is 36.5 Å². The van der Waals surface area contributed by atoms with Crippen LogP contribution in [-0.4, -0.2) is 54.3 Å². The first-order chi connectivity index (χ1) is 15.2. The van der Waals surface area contributed by atoms with Crippen molar-refractivity contribution in [2.24, 2.45) is 0 Å². The normalized spacial score (nSPS) is 16.5. The number of pyridine rings is 1. The minimum absolute atomic E-state index is 0.534. The van der Waals surface area contributed by atoms with E-state index < -0.39 is 6.10 Å². The number of aliphatic hydroxyl groups is 1. The fourth-order valence-corrected chi connectivity index (χ4v) is 4.47. The third-order valence-corrected chi connectivity index (χ3v) is 6.28. The molecule has 5 nitrogen and oxygen atoms in total. The van der Waals surface area contributed by atoms with E-state index in [1.807, 2.05) is 24.3 Å². The molecule has 1 aliphatic heterocycles. The minimum Gasteiger partial charge on any atom is -0.497 e. The van der Waals surface area contributed by atoms with Gasteiger partial charge >= 0.3 is 0 Å². The summed E-state index contributed by atoms with van der Waals surface area (Å²) in [6.07, 6.45) is 5.80. The van der Waals surface area contributed by atoms with Gasteiger partial charge < -0.3 is 20.1 Å². The highest BCUT2D eigenvalue weighted by atomic mass is 16.5. The van der Waals surface area contributed by atoms with Crippen molar-refractivity contribution in [2.45, 2.75) is 37.8 Å². The first kappa shape index (κ1) is 21.8. The number of fused-ring (bicyclic) bond motifs is 1. The van der Waals surface area contributed by atoms with Crippen LogP contribution >= 0.6 is 0 Å². The molecule has 2 aromatic carbocycles. The summed E-state index contributed by atoms with van der Waals surface area (Å²) in [6.45, 7) is 3.74. The maximum atomic E-state index is 11.0. The summed E-state index contributed by atoms with van der Waals surface area (Å²) in [5.74, 6) is 0.785. The van der Waals surface area contributed by atoms with Gasteiger partial charge in [0.1, 0.15) is 5.75 Å². The lowest BCUT2D eigenvalue weighted by molar-refractivity contribution is 0.0950. The molecule has 164 valence electrons. The van der Waals surface area contributed by atoms with Gasteiger partial charge in [0.2, 0.25) is 0 Å². The van der Waals surface area contributed by atoms with Crippen molar-refractivity contribution < 1.29 is 9.84 Å². The van der Waals surface area contributed by atoms with Crippen LogP contribution in [0.15, 0.2) is 60.8 Å². The van der Waals surface area contributed by atoms with Crippen LogP contribution in [0.5, 0.6) is 5.75 Å². The molecule has 1 aromatic heterocycles. The van der Waals surface area contributed by atoms with Crippen molar-refractivity contribution in [3.05, 3.63) is 71.9 Å². The average Bonchev–Trinajstić information content (AvgIpc) is 2.82. The molecule has 0 bridgehead atoms. The molecule has 0 saturated carbocycles. The lowest BCUT2D eigenvalue weighted by Crippen LogP contribution is -2.44. The van der Waals surface area contributed by atoms with E-state index in [4.69, 9.17) is 4.74 Å². The lowest BCUT2D eigenvalue weighted by Gasteiger charge is -2.33. The maximum Gasteiger partial charge on any atom is 0.119 e. The molecule has 1 fully saturated rings. The third-order valence-electron chi connectivity index (χ3n) is 6.28. The van der Waals surface area contributed by atoms with Crippen molar-refractivity contribution >= 4 is 10.9 Å². The summed E-state index contributed by atoms with van der Waals surface area (Å²) in [4.78, 5) is 6.80. The Balaban J connectivity index is 1.24. The summed E-state index contributed by atoms with van der Waals surface area (Å²) in [5, 5.41) is 15.6. The first-order valence-electron chi connectivity index (χ1n) is 11.3. The molecule has 1 atom stereocenters. The molecule has 0 amide bonds. The van der Waals surface area contributed by atoms with Crippen molar-refractivity contribution in [3.8, 4) is 5.75 Å². The molecule has 4 rings (SSSR count). The summed E-state index contributed by atoms with van der Waals surface area (Å²) < 4.78 is 5.36. The average molecular weight is 420 g/mol. The summed E-state index contributed by atoms with van der Waals surface area (Å²) in [7, 11) is 1.66. The highest BCUT2D eigenvalue weighted by molar-refractivity contribution is 5.83. The van der Waals surface area contributed by atoms with Crippen molar-refractivity contribution in [2.75, 3.05) is 33.3 Å². The van der Waals surface area contributed by atoms with E-state index in [2.05, 4.69) is 45.5 Å². The minimum atomic E-state index is -0.534. The van der Waals surface area contributed by atoms with E-state index in [9.17, 15) is 5.11 Å². The molecule has 3 aromatic rings. The van der Waals surface area contributed by atoms with E-state index in [0.717, 1.165) is 61.1 Å². The Morgan fingerprint density at radius 1 is 1.13 bits per heavy atom.